The van der Waals surface area contributed by atoms with Crippen molar-refractivity contribution < 1.29 is 9.21 Å². The summed E-state index contributed by atoms with van der Waals surface area (Å²) in [7, 11) is 0. The van der Waals surface area contributed by atoms with Crippen LogP contribution in [0.2, 0.25) is 0 Å². The summed E-state index contributed by atoms with van der Waals surface area (Å²) in [5, 5.41) is 5.07. The highest BCUT2D eigenvalue weighted by molar-refractivity contribution is 7.09. The number of carbonyl (C=O) groups is 1. The SMILES string of the molecule is O=C(NCc1cccs1)[C@@H]1CCCN(c2nc3ccccc3o2)C1. The molecule has 3 heterocycles. The smallest absolute Gasteiger partial charge is 0.298 e. The Bertz CT molecular complexity index is 795. The van der Waals surface area contributed by atoms with Crippen LogP contribution in [0.15, 0.2) is 46.2 Å². The fourth-order valence-electron chi connectivity index (χ4n) is 3.09. The van der Waals surface area contributed by atoms with Gasteiger partial charge < -0.3 is 14.6 Å². The van der Waals surface area contributed by atoms with Crippen molar-refractivity contribution in [2.24, 2.45) is 5.92 Å². The van der Waals surface area contributed by atoms with Crippen LogP contribution in [0.5, 0.6) is 0 Å². The van der Waals surface area contributed by atoms with Gasteiger partial charge in [-0.2, -0.15) is 4.98 Å². The first-order valence-corrected chi connectivity index (χ1v) is 9.08. The monoisotopic (exact) mass is 341 g/mol. The fraction of sp³-hybridized carbons (Fsp3) is 0.333. The Morgan fingerprint density at radius 1 is 1.33 bits per heavy atom. The van der Waals surface area contributed by atoms with E-state index in [1.54, 1.807) is 11.3 Å². The summed E-state index contributed by atoms with van der Waals surface area (Å²) in [5.74, 6) is 0.0953. The molecular weight excluding hydrogens is 322 g/mol. The number of oxazole rings is 1. The molecule has 0 aliphatic carbocycles. The molecule has 1 atom stereocenters. The molecule has 4 rings (SSSR count). The summed E-state index contributed by atoms with van der Waals surface area (Å²) in [5.41, 5.74) is 1.65. The number of hydrogen-bond acceptors (Lipinski definition) is 5. The van der Waals surface area contributed by atoms with E-state index in [1.165, 1.54) is 4.88 Å². The molecule has 6 heteroatoms. The van der Waals surface area contributed by atoms with Crippen molar-refractivity contribution in [3.8, 4) is 0 Å². The van der Waals surface area contributed by atoms with E-state index in [1.807, 2.05) is 41.8 Å². The molecule has 1 saturated heterocycles. The molecule has 1 aliphatic heterocycles. The van der Waals surface area contributed by atoms with Gasteiger partial charge >= 0.3 is 0 Å². The van der Waals surface area contributed by atoms with Gasteiger partial charge in [-0.25, -0.2) is 0 Å². The molecule has 5 nitrogen and oxygen atoms in total. The van der Waals surface area contributed by atoms with Crippen LogP contribution in [0, 0.1) is 5.92 Å². The summed E-state index contributed by atoms with van der Waals surface area (Å²) in [6, 6.07) is 12.4. The van der Waals surface area contributed by atoms with E-state index in [0.717, 1.165) is 30.5 Å². The molecule has 1 aliphatic rings. The number of nitrogens with zero attached hydrogens (tertiary/aromatic N) is 2. The maximum absolute atomic E-state index is 12.5. The summed E-state index contributed by atoms with van der Waals surface area (Å²) in [6.45, 7) is 2.14. The first kappa shape index (κ1) is 15.2. The minimum atomic E-state index is -0.0197. The minimum absolute atomic E-state index is 0.0197. The number of aromatic nitrogens is 1. The maximum Gasteiger partial charge on any atom is 0.298 e. The Kier molecular flexibility index (Phi) is 4.21. The number of benzene rings is 1. The number of nitrogens with one attached hydrogen (secondary N) is 1. The number of fused-ring (bicyclic) bond motifs is 1. The van der Waals surface area contributed by atoms with Crippen molar-refractivity contribution in [1.29, 1.82) is 0 Å². The van der Waals surface area contributed by atoms with E-state index in [-0.39, 0.29) is 11.8 Å². The predicted molar refractivity (Wildman–Crippen MR) is 95.1 cm³/mol. The Labute approximate surface area is 144 Å². The van der Waals surface area contributed by atoms with Crippen molar-refractivity contribution >= 4 is 34.4 Å². The van der Waals surface area contributed by atoms with Gasteiger partial charge in [0.05, 0.1) is 12.5 Å². The molecule has 1 N–H and O–H groups in total. The highest BCUT2D eigenvalue weighted by Crippen LogP contribution is 2.26. The van der Waals surface area contributed by atoms with Crippen LogP contribution in [0.25, 0.3) is 11.1 Å². The predicted octanol–water partition coefficient (Wildman–Crippen LogP) is 3.42. The number of amides is 1. The Morgan fingerprint density at radius 3 is 3.08 bits per heavy atom. The number of carbonyl (C=O) groups excluding carboxylic acids is 1. The molecule has 24 heavy (non-hydrogen) atoms. The van der Waals surface area contributed by atoms with E-state index < -0.39 is 0 Å². The summed E-state index contributed by atoms with van der Waals surface area (Å²) >= 11 is 1.66. The van der Waals surface area contributed by atoms with Gasteiger partial charge in [0.15, 0.2) is 5.58 Å². The number of piperidine rings is 1. The third kappa shape index (κ3) is 3.14. The van der Waals surface area contributed by atoms with Gasteiger partial charge in [0, 0.05) is 18.0 Å². The van der Waals surface area contributed by atoms with E-state index in [2.05, 4.69) is 15.2 Å². The van der Waals surface area contributed by atoms with Crippen molar-refractivity contribution in [1.82, 2.24) is 10.3 Å². The Balaban J connectivity index is 1.42. The number of rotatable bonds is 4. The zero-order valence-corrected chi connectivity index (χ0v) is 14.1. The molecular formula is C18H19N3O2S. The summed E-state index contributed by atoms with van der Waals surface area (Å²) in [4.78, 5) is 20.3. The largest absolute Gasteiger partial charge is 0.423 e. The van der Waals surface area contributed by atoms with Crippen LogP contribution < -0.4 is 10.2 Å². The number of thiophene rings is 1. The molecule has 0 unspecified atom stereocenters. The molecule has 124 valence electrons. The van der Waals surface area contributed by atoms with Crippen LogP contribution in [0.3, 0.4) is 0 Å². The molecule has 1 aromatic carbocycles. The van der Waals surface area contributed by atoms with E-state index in [4.69, 9.17) is 4.42 Å². The second kappa shape index (κ2) is 6.65. The number of anilines is 1. The zero-order chi connectivity index (χ0) is 16.4. The number of para-hydroxylation sites is 2. The molecule has 0 radical (unpaired) electrons. The van der Waals surface area contributed by atoms with Gasteiger partial charge in [0.2, 0.25) is 5.91 Å². The third-order valence-electron chi connectivity index (χ3n) is 4.36. The molecule has 0 saturated carbocycles. The maximum atomic E-state index is 12.5. The average Bonchev–Trinajstić information content (AvgIpc) is 3.29. The fourth-order valence-corrected chi connectivity index (χ4v) is 3.74. The molecule has 1 amide bonds. The zero-order valence-electron chi connectivity index (χ0n) is 13.3. The second-order valence-corrected chi connectivity index (χ2v) is 7.08. The minimum Gasteiger partial charge on any atom is -0.423 e. The van der Waals surface area contributed by atoms with Crippen molar-refractivity contribution in [2.45, 2.75) is 19.4 Å². The lowest BCUT2D eigenvalue weighted by Crippen LogP contribution is -2.43. The van der Waals surface area contributed by atoms with Gasteiger partial charge in [0.25, 0.3) is 6.01 Å². The van der Waals surface area contributed by atoms with Gasteiger partial charge in [-0.15, -0.1) is 11.3 Å². The van der Waals surface area contributed by atoms with Crippen LogP contribution in [-0.2, 0) is 11.3 Å². The lowest BCUT2D eigenvalue weighted by molar-refractivity contribution is -0.125. The van der Waals surface area contributed by atoms with Gasteiger partial charge in [-0.1, -0.05) is 18.2 Å². The van der Waals surface area contributed by atoms with E-state index in [9.17, 15) is 4.79 Å². The van der Waals surface area contributed by atoms with Crippen molar-refractivity contribution in [2.75, 3.05) is 18.0 Å². The Hall–Kier alpha value is -2.34. The molecule has 3 aromatic rings. The lowest BCUT2D eigenvalue weighted by atomic mass is 9.97. The van der Waals surface area contributed by atoms with Crippen LogP contribution in [-0.4, -0.2) is 24.0 Å². The molecule has 0 spiro atoms. The van der Waals surface area contributed by atoms with Crippen LogP contribution in [0.4, 0.5) is 6.01 Å². The van der Waals surface area contributed by atoms with E-state index >= 15 is 0 Å². The highest BCUT2D eigenvalue weighted by atomic mass is 32.1. The van der Waals surface area contributed by atoms with E-state index in [0.29, 0.717) is 19.1 Å². The molecule has 0 bridgehead atoms. The average molecular weight is 341 g/mol. The van der Waals surface area contributed by atoms with Crippen LogP contribution >= 0.6 is 11.3 Å². The summed E-state index contributed by atoms with van der Waals surface area (Å²) in [6.07, 6.45) is 1.88. The topological polar surface area (TPSA) is 58.4 Å². The lowest BCUT2D eigenvalue weighted by Gasteiger charge is -2.30. The van der Waals surface area contributed by atoms with Gasteiger partial charge in [0.1, 0.15) is 5.52 Å². The second-order valence-electron chi connectivity index (χ2n) is 6.05. The third-order valence-corrected chi connectivity index (χ3v) is 5.24. The highest BCUT2D eigenvalue weighted by Gasteiger charge is 2.28. The van der Waals surface area contributed by atoms with Crippen molar-refractivity contribution in [3.63, 3.8) is 0 Å². The number of hydrogen-bond donors (Lipinski definition) is 1. The molecule has 1 fully saturated rings. The van der Waals surface area contributed by atoms with Gasteiger partial charge in [-0.3, -0.25) is 4.79 Å². The first-order valence-electron chi connectivity index (χ1n) is 8.20. The van der Waals surface area contributed by atoms with Crippen molar-refractivity contribution in [3.05, 3.63) is 46.7 Å². The van der Waals surface area contributed by atoms with Gasteiger partial charge in [-0.05, 0) is 36.4 Å². The summed E-state index contributed by atoms with van der Waals surface area (Å²) < 4.78 is 5.84. The standard InChI is InChI=1S/C18H19N3O2S/c22-17(19-11-14-6-4-10-24-14)13-5-3-9-21(12-13)18-20-15-7-1-2-8-16(15)23-18/h1-2,4,6-8,10,13H,3,5,9,11-12H2,(H,19,22)/t13-/m1/s1. The molecule has 2 aromatic heterocycles. The normalized spacial score (nSPS) is 18.0. The Morgan fingerprint density at radius 2 is 2.25 bits per heavy atom. The first-order chi connectivity index (χ1) is 11.8. The quantitative estimate of drug-likeness (QED) is 0.790. The van der Waals surface area contributed by atoms with Crippen LogP contribution in [0.1, 0.15) is 17.7 Å².